The van der Waals surface area contributed by atoms with Gasteiger partial charge in [-0.1, -0.05) is 25.8 Å². The predicted octanol–water partition coefficient (Wildman–Crippen LogP) is 1.27. The number of likely N-dealkylation sites (tertiary alicyclic amines) is 1. The van der Waals surface area contributed by atoms with Crippen LogP contribution >= 0.6 is 0 Å². The fraction of sp³-hybridized carbons (Fsp3) is 0.625. The van der Waals surface area contributed by atoms with Crippen LogP contribution in [0.15, 0.2) is 34.1 Å². The number of hydrogen-bond acceptors (Lipinski definition) is 5. The lowest BCUT2D eigenvalue weighted by Gasteiger charge is -2.35. The highest BCUT2D eigenvalue weighted by atomic mass is 32.2. The number of primary sulfonamides is 1. The highest BCUT2D eigenvalue weighted by molar-refractivity contribution is 7.90. The second kappa shape index (κ2) is 8.59. The zero-order valence-corrected chi connectivity index (χ0v) is 16.2. The predicted molar refractivity (Wildman–Crippen MR) is 97.1 cm³/mol. The van der Waals surface area contributed by atoms with Crippen LogP contribution in [0.25, 0.3) is 0 Å². The average molecular weight is 390 g/mol. The van der Waals surface area contributed by atoms with Crippen molar-refractivity contribution in [3.8, 4) is 0 Å². The Morgan fingerprint density at radius 1 is 1.20 bits per heavy atom. The largest absolute Gasteiger partial charge is 0.299 e. The van der Waals surface area contributed by atoms with Gasteiger partial charge in [0, 0.05) is 12.6 Å². The molecule has 0 aromatic heterocycles. The molecule has 142 valence electrons. The summed E-state index contributed by atoms with van der Waals surface area (Å²) in [7, 11) is -7.72. The first-order valence-electron chi connectivity index (χ1n) is 8.60. The minimum Gasteiger partial charge on any atom is -0.299 e. The van der Waals surface area contributed by atoms with Crippen molar-refractivity contribution in [2.45, 2.75) is 54.9 Å². The van der Waals surface area contributed by atoms with Gasteiger partial charge in [-0.3, -0.25) is 4.90 Å². The number of rotatable bonds is 8. The third-order valence-corrected chi connectivity index (χ3v) is 6.83. The molecule has 0 saturated carbocycles. The monoisotopic (exact) mass is 389 g/mol. The molecule has 1 aromatic rings. The van der Waals surface area contributed by atoms with E-state index in [1.165, 1.54) is 18.2 Å². The van der Waals surface area contributed by atoms with Gasteiger partial charge >= 0.3 is 0 Å². The van der Waals surface area contributed by atoms with Crippen LogP contribution in [-0.2, 0) is 20.0 Å². The Bertz CT molecular complexity index is 778. The molecule has 1 atom stereocenters. The molecule has 1 aliphatic rings. The first-order valence-corrected chi connectivity index (χ1v) is 11.6. The van der Waals surface area contributed by atoms with Crippen molar-refractivity contribution < 1.29 is 16.8 Å². The van der Waals surface area contributed by atoms with Gasteiger partial charge in [-0.2, -0.15) is 0 Å². The maximum atomic E-state index is 12.5. The molecular weight excluding hydrogens is 362 g/mol. The van der Waals surface area contributed by atoms with Crippen molar-refractivity contribution >= 4 is 20.0 Å². The van der Waals surface area contributed by atoms with E-state index >= 15 is 0 Å². The topological polar surface area (TPSA) is 110 Å². The highest BCUT2D eigenvalue weighted by Crippen LogP contribution is 2.19. The van der Waals surface area contributed by atoms with Crippen molar-refractivity contribution in [3.05, 3.63) is 24.3 Å². The maximum Gasteiger partial charge on any atom is 0.240 e. The Hall–Kier alpha value is -1.00. The van der Waals surface area contributed by atoms with E-state index in [-0.39, 0.29) is 15.8 Å². The van der Waals surface area contributed by atoms with Crippen LogP contribution in [0.3, 0.4) is 0 Å². The van der Waals surface area contributed by atoms with E-state index in [9.17, 15) is 16.8 Å². The Balaban J connectivity index is 2.08. The van der Waals surface area contributed by atoms with Crippen molar-refractivity contribution in [2.75, 3.05) is 19.6 Å². The number of piperidine rings is 1. The third kappa shape index (κ3) is 5.75. The number of hydrogen-bond donors (Lipinski definition) is 2. The Labute approximate surface area is 150 Å². The van der Waals surface area contributed by atoms with Crippen LogP contribution < -0.4 is 9.86 Å². The summed E-state index contributed by atoms with van der Waals surface area (Å²) in [6.45, 7) is 4.43. The molecule has 0 spiro atoms. The fourth-order valence-electron chi connectivity index (χ4n) is 3.05. The minimum atomic E-state index is -3.94. The summed E-state index contributed by atoms with van der Waals surface area (Å²) in [6, 6.07) is 5.29. The molecule has 3 N–H and O–H groups in total. The Morgan fingerprint density at radius 2 is 1.92 bits per heavy atom. The van der Waals surface area contributed by atoms with Crippen LogP contribution in [0, 0.1) is 0 Å². The van der Waals surface area contributed by atoms with E-state index in [2.05, 4.69) is 16.5 Å². The van der Waals surface area contributed by atoms with Crippen LogP contribution in [-0.4, -0.2) is 47.4 Å². The molecule has 1 heterocycles. The lowest BCUT2D eigenvalue weighted by molar-refractivity contribution is 0.148. The molecular formula is C16H27N3O4S2. The van der Waals surface area contributed by atoms with Crippen LogP contribution in [0.1, 0.15) is 39.0 Å². The summed E-state index contributed by atoms with van der Waals surface area (Å²) >= 11 is 0. The number of nitrogens with two attached hydrogens (primary N) is 1. The molecule has 0 bridgehead atoms. The first-order chi connectivity index (χ1) is 11.7. The van der Waals surface area contributed by atoms with Gasteiger partial charge in [0.2, 0.25) is 20.0 Å². The standard InChI is InChI=1S/C16H27N3O4S2/c1-2-3-10-19-11-5-4-7-14(19)13-18-25(22,23)16-9-6-8-15(12-16)24(17,20)21/h6,8-9,12,14,18H,2-5,7,10-11,13H2,1H3,(H2,17,20,21). The van der Waals surface area contributed by atoms with Gasteiger partial charge in [0.25, 0.3) is 0 Å². The van der Waals surface area contributed by atoms with Gasteiger partial charge < -0.3 is 0 Å². The molecule has 0 amide bonds. The molecule has 1 aromatic carbocycles. The van der Waals surface area contributed by atoms with E-state index in [1.54, 1.807) is 0 Å². The quantitative estimate of drug-likeness (QED) is 0.696. The van der Waals surface area contributed by atoms with E-state index < -0.39 is 20.0 Å². The Kier molecular flexibility index (Phi) is 6.98. The van der Waals surface area contributed by atoms with E-state index in [1.807, 2.05) is 0 Å². The molecule has 1 unspecified atom stereocenters. The van der Waals surface area contributed by atoms with Crippen molar-refractivity contribution in [1.29, 1.82) is 0 Å². The molecule has 1 saturated heterocycles. The fourth-order valence-corrected chi connectivity index (χ4v) is 4.81. The number of benzene rings is 1. The average Bonchev–Trinajstić information content (AvgIpc) is 2.58. The van der Waals surface area contributed by atoms with E-state index in [0.717, 1.165) is 51.3 Å². The second-order valence-corrected chi connectivity index (χ2v) is 9.74. The molecule has 1 aliphatic heterocycles. The van der Waals surface area contributed by atoms with Gasteiger partial charge in [0.15, 0.2) is 0 Å². The number of nitrogens with zero attached hydrogens (tertiary/aromatic N) is 1. The highest BCUT2D eigenvalue weighted by Gasteiger charge is 2.24. The number of unbranched alkanes of at least 4 members (excludes halogenated alkanes) is 1. The molecule has 0 radical (unpaired) electrons. The van der Waals surface area contributed by atoms with Crippen LogP contribution in [0.2, 0.25) is 0 Å². The first kappa shape index (κ1) is 20.3. The summed E-state index contributed by atoms with van der Waals surface area (Å²) in [6.07, 6.45) is 5.40. The number of sulfonamides is 2. The zero-order valence-electron chi connectivity index (χ0n) is 14.5. The van der Waals surface area contributed by atoms with E-state index in [0.29, 0.717) is 6.54 Å². The van der Waals surface area contributed by atoms with Crippen LogP contribution in [0.4, 0.5) is 0 Å². The molecule has 2 rings (SSSR count). The summed E-state index contributed by atoms with van der Waals surface area (Å²) < 4.78 is 50.5. The van der Waals surface area contributed by atoms with E-state index in [4.69, 9.17) is 5.14 Å². The van der Waals surface area contributed by atoms with Crippen LogP contribution in [0.5, 0.6) is 0 Å². The summed E-state index contributed by atoms with van der Waals surface area (Å²) in [5.74, 6) is 0. The van der Waals surface area contributed by atoms with Crippen molar-refractivity contribution in [1.82, 2.24) is 9.62 Å². The summed E-state index contributed by atoms with van der Waals surface area (Å²) in [5, 5.41) is 5.07. The zero-order chi connectivity index (χ0) is 18.5. The van der Waals surface area contributed by atoms with Crippen molar-refractivity contribution in [2.24, 2.45) is 5.14 Å². The van der Waals surface area contributed by atoms with Gasteiger partial charge in [-0.15, -0.1) is 0 Å². The third-order valence-electron chi connectivity index (χ3n) is 4.50. The molecule has 0 aliphatic carbocycles. The van der Waals surface area contributed by atoms with Gasteiger partial charge in [-0.05, 0) is 50.6 Å². The Morgan fingerprint density at radius 3 is 2.60 bits per heavy atom. The molecule has 7 nitrogen and oxygen atoms in total. The smallest absolute Gasteiger partial charge is 0.240 e. The molecule has 9 heteroatoms. The lowest BCUT2D eigenvalue weighted by Crippen LogP contribution is -2.46. The maximum absolute atomic E-state index is 12.5. The number of nitrogens with one attached hydrogen (secondary N) is 1. The van der Waals surface area contributed by atoms with Gasteiger partial charge in [-0.25, -0.2) is 26.7 Å². The second-order valence-electron chi connectivity index (χ2n) is 6.41. The minimum absolute atomic E-state index is 0.0880. The van der Waals surface area contributed by atoms with Crippen molar-refractivity contribution in [3.63, 3.8) is 0 Å². The summed E-state index contributed by atoms with van der Waals surface area (Å²) in [4.78, 5) is 2.04. The lowest BCUT2D eigenvalue weighted by atomic mass is 10.0. The molecule has 25 heavy (non-hydrogen) atoms. The molecule has 1 fully saturated rings. The van der Waals surface area contributed by atoms with Gasteiger partial charge in [0.1, 0.15) is 0 Å². The van der Waals surface area contributed by atoms with Gasteiger partial charge in [0.05, 0.1) is 9.79 Å². The SMILES string of the molecule is CCCCN1CCCCC1CNS(=O)(=O)c1cccc(S(N)(=O)=O)c1. The normalized spacial score (nSPS) is 19.8. The summed E-state index contributed by atoms with van der Waals surface area (Å²) in [5.41, 5.74) is 0.